The fourth-order valence-electron chi connectivity index (χ4n) is 3.05. The molecule has 26 heavy (non-hydrogen) atoms. The van der Waals surface area contributed by atoms with Gasteiger partial charge in [0.2, 0.25) is 0 Å². The van der Waals surface area contributed by atoms with Crippen LogP contribution < -0.4 is 0 Å². The van der Waals surface area contributed by atoms with E-state index in [1.807, 2.05) is 0 Å². The zero-order valence-corrected chi connectivity index (χ0v) is 17.7. The van der Waals surface area contributed by atoms with Crippen molar-refractivity contribution in [3.8, 4) is 11.4 Å². The molecule has 4 nitrogen and oxygen atoms in total. The van der Waals surface area contributed by atoms with E-state index in [0.717, 1.165) is 52.8 Å². The van der Waals surface area contributed by atoms with Gasteiger partial charge in [0, 0.05) is 32.7 Å². The number of rotatable bonds is 6. The van der Waals surface area contributed by atoms with E-state index in [0.29, 0.717) is 0 Å². The predicted molar refractivity (Wildman–Crippen MR) is 111 cm³/mol. The van der Waals surface area contributed by atoms with Crippen molar-refractivity contribution in [2.45, 2.75) is 43.3 Å². The van der Waals surface area contributed by atoms with E-state index in [-0.39, 0.29) is 6.10 Å². The number of aromatic nitrogens is 3. The maximum absolute atomic E-state index is 5.87. The van der Waals surface area contributed by atoms with Crippen LogP contribution in [0.2, 0.25) is 0 Å². The summed E-state index contributed by atoms with van der Waals surface area (Å²) in [6.07, 6.45) is 2.51. The van der Waals surface area contributed by atoms with Crippen LogP contribution in [0.4, 0.5) is 0 Å². The van der Waals surface area contributed by atoms with Gasteiger partial charge in [-0.15, -0.1) is 21.5 Å². The van der Waals surface area contributed by atoms with Crippen molar-refractivity contribution in [3.05, 3.63) is 50.6 Å². The zero-order chi connectivity index (χ0) is 17.9. The van der Waals surface area contributed by atoms with Gasteiger partial charge in [0.05, 0.1) is 12.6 Å². The second-order valence-corrected chi connectivity index (χ2v) is 9.39. The molecule has 0 radical (unpaired) electrons. The molecule has 7 heteroatoms. The first-order valence-corrected chi connectivity index (χ1v) is 11.3. The number of thioether (sulfide) groups is 1. The van der Waals surface area contributed by atoms with Crippen molar-refractivity contribution in [2.24, 2.45) is 0 Å². The maximum atomic E-state index is 5.87. The number of aryl methyl sites for hydroxylation is 1. The Morgan fingerprint density at radius 1 is 1.31 bits per heavy atom. The average molecular weight is 450 g/mol. The maximum Gasteiger partial charge on any atom is 0.191 e. The molecule has 0 amide bonds. The Balaban J connectivity index is 1.58. The van der Waals surface area contributed by atoms with E-state index in [4.69, 9.17) is 4.74 Å². The third kappa shape index (κ3) is 4.22. The van der Waals surface area contributed by atoms with Gasteiger partial charge in [0.25, 0.3) is 0 Å². The van der Waals surface area contributed by atoms with Crippen LogP contribution in [0.1, 0.15) is 23.3 Å². The fraction of sp³-hybridized carbons (Fsp3) is 0.368. The van der Waals surface area contributed by atoms with Crippen molar-refractivity contribution in [3.63, 3.8) is 0 Å². The van der Waals surface area contributed by atoms with E-state index in [1.54, 1.807) is 23.1 Å². The van der Waals surface area contributed by atoms with Crippen LogP contribution in [0.3, 0.4) is 0 Å². The Kier molecular flexibility index (Phi) is 5.78. The molecular formula is C19H20BrN3OS2. The lowest BCUT2D eigenvalue weighted by molar-refractivity contribution is 0.0953. The number of halogens is 1. The molecule has 2 aromatic heterocycles. The van der Waals surface area contributed by atoms with E-state index in [9.17, 15) is 0 Å². The number of benzene rings is 1. The molecular weight excluding hydrogens is 430 g/mol. The summed E-state index contributed by atoms with van der Waals surface area (Å²) in [7, 11) is 0. The predicted octanol–water partition coefficient (Wildman–Crippen LogP) is 5.55. The number of hydrogen-bond donors (Lipinski definition) is 0. The van der Waals surface area contributed by atoms with E-state index >= 15 is 0 Å². The highest BCUT2D eigenvalue weighted by Crippen LogP contribution is 2.30. The Hall–Kier alpha value is -1.15. The highest BCUT2D eigenvalue weighted by molar-refractivity contribution is 9.10. The summed E-state index contributed by atoms with van der Waals surface area (Å²) in [5, 5.41) is 12.1. The fourth-order valence-corrected chi connectivity index (χ4v) is 4.90. The van der Waals surface area contributed by atoms with E-state index in [1.165, 1.54) is 10.4 Å². The standard InChI is InChI=1S/C19H20BrN3OS2/c1-13-9-15(12-25-13)18-21-22-19(23(18)10-17-3-2-8-24-17)26-11-14-4-6-16(20)7-5-14/h4-7,9,12,17H,2-3,8,10-11H2,1H3/t17-/m0/s1. The van der Waals surface area contributed by atoms with Crippen LogP contribution in [0, 0.1) is 6.92 Å². The lowest BCUT2D eigenvalue weighted by Gasteiger charge is -2.14. The Morgan fingerprint density at radius 3 is 2.85 bits per heavy atom. The molecule has 0 saturated carbocycles. The van der Waals surface area contributed by atoms with Crippen LogP contribution in [-0.2, 0) is 17.0 Å². The SMILES string of the molecule is Cc1cc(-c2nnc(SCc3ccc(Br)cc3)n2C[C@@H]2CCCO2)cs1. The van der Waals surface area contributed by atoms with Gasteiger partial charge in [0.15, 0.2) is 11.0 Å². The summed E-state index contributed by atoms with van der Waals surface area (Å²) in [6, 6.07) is 10.6. The van der Waals surface area contributed by atoms with E-state index in [2.05, 4.69) is 73.3 Å². The van der Waals surface area contributed by atoms with Crippen LogP contribution in [0.25, 0.3) is 11.4 Å². The Bertz CT molecular complexity index is 869. The van der Waals surface area contributed by atoms with Crippen molar-refractivity contribution in [1.82, 2.24) is 14.8 Å². The average Bonchev–Trinajstić information content (AvgIpc) is 3.37. The Morgan fingerprint density at radius 2 is 2.15 bits per heavy atom. The quantitative estimate of drug-likeness (QED) is 0.462. The molecule has 3 heterocycles. The zero-order valence-electron chi connectivity index (χ0n) is 14.5. The molecule has 1 saturated heterocycles. The molecule has 1 fully saturated rings. The molecule has 4 rings (SSSR count). The minimum Gasteiger partial charge on any atom is -0.376 e. The normalized spacial score (nSPS) is 17.1. The molecule has 136 valence electrons. The van der Waals surface area contributed by atoms with Gasteiger partial charge < -0.3 is 4.74 Å². The van der Waals surface area contributed by atoms with Gasteiger partial charge in [-0.2, -0.15) is 0 Å². The topological polar surface area (TPSA) is 39.9 Å². The highest BCUT2D eigenvalue weighted by atomic mass is 79.9. The summed E-state index contributed by atoms with van der Waals surface area (Å²) in [5.74, 6) is 1.82. The molecule has 1 aromatic carbocycles. The second-order valence-electron chi connectivity index (χ2n) is 6.41. The lowest BCUT2D eigenvalue weighted by atomic mass is 10.2. The third-order valence-corrected chi connectivity index (χ3v) is 6.82. The van der Waals surface area contributed by atoms with Crippen molar-refractivity contribution in [1.29, 1.82) is 0 Å². The molecule has 3 aromatic rings. The highest BCUT2D eigenvalue weighted by Gasteiger charge is 2.22. The van der Waals surface area contributed by atoms with Crippen molar-refractivity contribution >= 4 is 39.0 Å². The lowest BCUT2D eigenvalue weighted by Crippen LogP contribution is -2.16. The van der Waals surface area contributed by atoms with Gasteiger partial charge in [-0.25, -0.2) is 0 Å². The molecule has 0 aliphatic carbocycles. The number of thiophene rings is 1. The molecule has 0 N–H and O–H groups in total. The van der Waals surface area contributed by atoms with Crippen LogP contribution in [0.5, 0.6) is 0 Å². The van der Waals surface area contributed by atoms with Crippen molar-refractivity contribution < 1.29 is 4.74 Å². The van der Waals surface area contributed by atoms with E-state index < -0.39 is 0 Å². The van der Waals surface area contributed by atoms with Gasteiger partial charge in [0.1, 0.15) is 0 Å². The van der Waals surface area contributed by atoms with Crippen LogP contribution in [-0.4, -0.2) is 27.5 Å². The molecule has 1 atom stereocenters. The van der Waals surface area contributed by atoms with Gasteiger partial charge >= 0.3 is 0 Å². The minimum absolute atomic E-state index is 0.261. The summed E-state index contributed by atoms with van der Waals surface area (Å²) in [5.41, 5.74) is 2.42. The molecule has 0 spiro atoms. The monoisotopic (exact) mass is 449 g/mol. The smallest absolute Gasteiger partial charge is 0.191 e. The first kappa shape index (κ1) is 18.2. The molecule has 1 aliphatic rings. The Labute approximate surface area is 170 Å². The second kappa shape index (κ2) is 8.25. The molecule has 0 bridgehead atoms. The molecule has 0 unspecified atom stereocenters. The van der Waals surface area contributed by atoms with Gasteiger partial charge in [-0.1, -0.05) is 39.8 Å². The third-order valence-electron chi connectivity index (χ3n) is 4.40. The molecule has 1 aliphatic heterocycles. The summed E-state index contributed by atoms with van der Waals surface area (Å²) < 4.78 is 9.20. The summed E-state index contributed by atoms with van der Waals surface area (Å²) in [4.78, 5) is 1.29. The van der Waals surface area contributed by atoms with Gasteiger partial charge in [-0.3, -0.25) is 4.57 Å². The number of nitrogens with zero attached hydrogens (tertiary/aromatic N) is 3. The first-order chi connectivity index (χ1) is 12.7. The first-order valence-electron chi connectivity index (χ1n) is 8.66. The largest absolute Gasteiger partial charge is 0.376 e. The number of hydrogen-bond acceptors (Lipinski definition) is 5. The van der Waals surface area contributed by atoms with Gasteiger partial charge in [-0.05, 0) is 43.5 Å². The summed E-state index contributed by atoms with van der Waals surface area (Å²) in [6.45, 7) is 3.80. The van der Waals surface area contributed by atoms with Crippen molar-refractivity contribution in [2.75, 3.05) is 6.61 Å². The summed E-state index contributed by atoms with van der Waals surface area (Å²) >= 11 is 6.97. The van der Waals surface area contributed by atoms with Crippen LogP contribution >= 0.6 is 39.0 Å². The minimum atomic E-state index is 0.261. The number of ether oxygens (including phenoxy) is 1. The van der Waals surface area contributed by atoms with Crippen LogP contribution in [0.15, 0.2) is 45.3 Å².